The van der Waals surface area contributed by atoms with Gasteiger partial charge in [-0.3, -0.25) is 4.79 Å². The summed E-state index contributed by atoms with van der Waals surface area (Å²) >= 11 is 0. The number of hydrogen-bond acceptors (Lipinski definition) is 5. The molecule has 2 aromatic rings. The van der Waals surface area contributed by atoms with Crippen LogP contribution in [0.25, 0.3) is 0 Å². The molecule has 6 heteroatoms. The highest BCUT2D eigenvalue weighted by Gasteiger charge is 2.19. The van der Waals surface area contributed by atoms with E-state index >= 15 is 0 Å². The number of ether oxygens (including phenoxy) is 3. The minimum atomic E-state index is 0.0257. The molecule has 1 amide bonds. The van der Waals surface area contributed by atoms with Gasteiger partial charge in [0.15, 0.2) is 11.5 Å². The second kappa shape index (κ2) is 8.39. The second-order valence-electron chi connectivity index (χ2n) is 5.72. The van der Waals surface area contributed by atoms with Gasteiger partial charge < -0.3 is 24.8 Å². The molecule has 0 spiro atoms. The summed E-state index contributed by atoms with van der Waals surface area (Å²) in [6.07, 6.45) is 0.403. The van der Waals surface area contributed by atoms with Crippen molar-refractivity contribution >= 4 is 5.91 Å². The average Bonchev–Trinajstić information content (AvgIpc) is 3.10. The number of benzene rings is 2. The van der Waals surface area contributed by atoms with Gasteiger partial charge in [0.05, 0.1) is 13.5 Å². The molecular formula is C19H22N2O4. The molecule has 1 heterocycles. The Bertz CT molecular complexity index is 719. The normalized spacial score (nSPS) is 12.0. The fourth-order valence-corrected chi connectivity index (χ4v) is 2.65. The number of carbonyl (C=O) groups excluding carboxylic acids is 1. The molecule has 0 unspecified atom stereocenters. The Balaban J connectivity index is 1.39. The summed E-state index contributed by atoms with van der Waals surface area (Å²) < 4.78 is 16.1. The first-order valence-corrected chi connectivity index (χ1v) is 8.24. The molecule has 25 heavy (non-hydrogen) atoms. The van der Waals surface area contributed by atoms with Gasteiger partial charge in [0.1, 0.15) is 0 Å². The van der Waals surface area contributed by atoms with Crippen molar-refractivity contribution in [3.63, 3.8) is 0 Å². The third kappa shape index (κ3) is 4.64. The van der Waals surface area contributed by atoms with Crippen molar-refractivity contribution in [2.24, 2.45) is 0 Å². The van der Waals surface area contributed by atoms with Crippen LogP contribution in [0.2, 0.25) is 0 Å². The minimum Gasteiger partial charge on any atom is -0.493 e. The lowest BCUT2D eigenvalue weighted by Crippen LogP contribution is -2.32. The molecule has 6 nitrogen and oxygen atoms in total. The third-order valence-electron chi connectivity index (χ3n) is 3.88. The molecule has 1 aliphatic heterocycles. The predicted molar refractivity (Wildman–Crippen MR) is 94.0 cm³/mol. The molecule has 0 radical (unpaired) electrons. The fraction of sp³-hybridized carbons (Fsp3) is 0.316. The maximum Gasteiger partial charge on any atom is 0.231 e. The van der Waals surface area contributed by atoms with Gasteiger partial charge in [-0.2, -0.15) is 0 Å². The van der Waals surface area contributed by atoms with E-state index in [1.54, 1.807) is 7.11 Å². The van der Waals surface area contributed by atoms with Crippen molar-refractivity contribution in [3.05, 3.63) is 53.6 Å². The minimum absolute atomic E-state index is 0.0257. The third-order valence-corrected chi connectivity index (χ3v) is 3.88. The van der Waals surface area contributed by atoms with Gasteiger partial charge in [-0.05, 0) is 23.3 Å². The van der Waals surface area contributed by atoms with Gasteiger partial charge in [-0.1, -0.05) is 30.3 Å². The topological polar surface area (TPSA) is 68.8 Å². The summed E-state index contributed by atoms with van der Waals surface area (Å²) in [6, 6.07) is 13.6. The first-order chi connectivity index (χ1) is 12.3. The van der Waals surface area contributed by atoms with Crippen molar-refractivity contribution in [2.75, 3.05) is 27.0 Å². The fourth-order valence-electron chi connectivity index (χ4n) is 2.65. The molecule has 1 aliphatic rings. The van der Waals surface area contributed by atoms with Crippen molar-refractivity contribution in [3.8, 4) is 17.2 Å². The predicted octanol–water partition coefficient (Wildman–Crippen LogP) is 1.87. The number of rotatable bonds is 8. The summed E-state index contributed by atoms with van der Waals surface area (Å²) in [5, 5.41) is 6.21. The van der Waals surface area contributed by atoms with Crippen LogP contribution in [0.1, 0.15) is 11.1 Å². The van der Waals surface area contributed by atoms with Gasteiger partial charge in [0.25, 0.3) is 0 Å². The summed E-state index contributed by atoms with van der Waals surface area (Å²) in [5.41, 5.74) is 2.05. The maximum absolute atomic E-state index is 11.9. The lowest BCUT2D eigenvalue weighted by Gasteiger charge is -2.10. The monoisotopic (exact) mass is 342 g/mol. The number of amides is 1. The zero-order chi connectivity index (χ0) is 17.5. The first-order valence-electron chi connectivity index (χ1n) is 8.24. The van der Waals surface area contributed by atoms with Gasteiger partial charge in [-0.25, -0.2) is 0 Å². The summed E-state index contributed by atoms with van der Waals surface area (Å²) in [7, 11) is 1.61. The number of fused-ring (bicyclic) bond motifs is 1. The number of nitrogens with one attached hydrogen (secondary N) is 2. The quantitative estimate of drug-likeness (QED) is 0.717. The highest BCUT2D eigenvalue weighted by molar-refractivity contribution is 5.78. The van der Waals surface area contributed by atoms with E-state index in [-0.39, 0.29) is 12.7 Å². The second-order valence-corrected chi connectivity index (χ2v) is 5.72. The van der Waals surface area contributed by atoms with Crippen LogP contribution in [-0.4, -0.2) is 32.9 Å². The Kier molecular flexibility index (Phi) is 5.74. The Morgan fingerprint density at radius 3 is 2.76 bits per heavy atom. The molecule has 2 N–H and O–H groups in total. The van der Waals surface area contributed by atoms with Crippen LogP contribution in [0.5, 0.6) is 17.2 Å². The molecule has 0 aromatic heterocycles. The van der Waals surface area contributed by atoms with E-state index in [2.05, 4.69) is 10.6 Å². The van der Waals surface area contributed by atoms with E-state index in [0.29, 0.717) is 43.3 Å². The highest BCUT2D eigenvalue weighted by Crippen LogP contribution is 2.41. The summed E-state index contributed by atoms with van der Waals surface area (Å²) in [6.45, 7) is 2.13. The van der Waals surface area contributed by atoms with Gasteiger partial charge in [0, 0.05) is 19.6 Å². The molecule has 0 bridgehead atoms. The van der Waals surface area contributed by atoms with Gasteiger partial charge in [0.2, 0.25) is 18.4 Å². The Labute approximate surface area is 147 Å². The molecule has 0 aliphatic carbocycles. The van der Waals surface area contributed by atoms with Crippen molar-refractivity contribution in [1.82, 2.24) is 10.6 Å². The van der Waals surface area contributed by atoms with Crippen LogP contribution in [0.15, 0.2) is 42.5 Å². The molecule has 132 valence electrons. The largest absolute Gasteiger partial charge is 0.493 e. The molecule has 0 saturated carbocycles. The molecule has 0 fully saturated rings. The Morgan fingerprint density at radius 1 is 1.12 bits per heavy atom. The van der Waals surface area contributed by atoms with Crippen LogP contribution in [0.4, 0.5) is 0 Å². The molecule has 0 saturated heterocycles. The Hall–Kier alpha value is -2.73. The molecule has 3 rings (SSSR count). The Morgan fingerprint density at radius 2 is 1.96 bits per heavy atom. The van der Waals surface area contributed by atoms with Crippen molar-refractivity contribution < 1.29 is 19.0 Å². The van der Waals surface area contributed by atoms with Crippen LogP contribution in [-0.2, 0) is 17.8 Å². The van der Waals surface area contributed by atoms with E-state index < -0.39 is 0 Å². The molecule has 0 atom stereocenters. The highest BCUT2D eigenvalue weighted by atomic mass is 16.7. The smallest absolute Gasteiger partial charge is 0.231 e. The van der Waals surface area contributed by atoms with Gasteiger partial charge >= 0.3 is 0 Å². The van der Waals surface area contributed by atoms with E-state index in [1.807, 2.05) is 42.5 Å². The standard InChI is InChI=1S/C19H22N2O4/c1-23-16-9-15(10-17-19(16)25-13-24-17)12-20-7-8-21-18(22)11-14-5-3-2-4-6-14/h2-6,9-10,20H,7-8,11-13H2,1H3,(H,21,22). The first kappa shape index (κ1) is 17.1. The lowest BCUT2D eigenvalue weighted by atomic mass is 10.1. The van der Waals surface area contributed by atoms with Crippen LogP contribution < -0.4 is 24.8 Å². The van der Waals surface area contributed by atoms with Crippen LogP contribution in [0.3, 0.4) is 0 Å². The number of carbonyl (C=O) groups is 1. The van der Waals surface area contributed by atoms with Gasteiger partial charge in [-0.15, -0.1) is 0 Å². The number of hydrogen-bond donors (Lipinski definition) is 2. The number of methoxy groups -OCH3 is 1. The van der Waals surface area contributed by atoms with Crippen molar-refractivity contribution in [2.45, 2.75) is 13.0 Å². The zero-order valence-corrected chi connectivity index (χ0v) is 14.2. The van der Waals surface area contributed by atoms with E-state index in [1.165, 1.54) is 0 Å². The average molecular weight is 342 g/mol. The molecular weight excluding hydrogens is 320 g/mol. The maximum atomic E-state index is 11.9. The SMILES string of the molecule is COc1cc(CNCCNC(=O)Cc2ccccc2)cc2c1OCO2. The van der Waals surface area contributed by atoms with Crippen LogP contribution in [0, 0.1) is 0 Å². The zero-order valence-electron chi connectivity index (χ0n) is 14.2. The van der Waals surface area contributed by atoms with E-state index in [0.717, 1.165) is 11.1 Å². The van der Waals surface area contributed by atoms with Crippen molar-refractivity contribution in [1.29, 1.82) is 0 Å². The van der Waals surface area contributed by atoms with Crippen LogP contribution >= 0.6 is 0 Å². The summed E-state index contributed by atoms with van der Waals surface area (Å²) in [4.78, 5) is 11.9. The molecule has 2 aromatic carbocycles. The lowest BCUT2D eigenvalue weighted by molar-refractivity contribution is -0.120. The van der Waals surface area contributed by atoms with E-state index in [9.17, 15) is 4.79 Å². The van der Waals surface area contributed by atoms with E-state index in [4.69, 9.17) is 14.2 Å². The summed E-state index contributed by atoms with van der Waals surface area (Å²) in [5.74, 6) is 2.05.